The maximum atomic E-state index is 11.2. The van der Waals surface area contributed by atoms with Crippen molar-refractivity contribution in [1.82, 2.24) is 5.39 Å². The van der Waals surface area contributed by atoms with Gasteiger partial charge in [0.25, 0.3) is 0 Å². The van der Waals surface area contributed by atoms with E-state index in [4.69, 9.17) is 14.3 Å². The summed E-state index contributed by atoms with van der Waals surface area (Å²) in [5.74, 6) is 0.203. The largest absolute Gasteiger partial charge is 0.738 e. The van der Waals surface area contributed by atoms with E-state index in [9.17, 15) is 5.21 Å². The highest BCUT2D eigenvalue weighted by Crippen LogP contribution is 2.55. The summed E-state index contributed by atoms with van der Waals surface area (Å²) in [6, 6.07) is 0. The van der Waals surface area contributed by atoms with Crippen molar-refractivity contribution < 1.29 is 19.1 Å². The van der Waals surface area contributed by atoms with E-state index in [1.54, 1.807) is 6.26 Å². The van der Waals surface area contributed by atoms with Crippen LogP contribution in [0.1, 0.15) is 13.8 Å². The fourth-order valence-corrected chi connectivity index (χ4v) is 5.12. The lowest BCUT2D eigenvalue weighted by Gasteiger charge is -2.40. The molecule has 1 fully saturated rings. The fourth-order valence-electron chi connectivity index (χ4n) is 2.45. The Kier molecular flexibility index (Phi) is 4.10. The second kappa shape index (κ2) is 5.14. The minimum atomic E-state index is -0.665. The van der Waals surface area contributed by atoms with Crippen LogP contribution in [-0.2, 0) is 19.1 Å². The van der Waals surface area contributed by atoms with Crippen molar-refractivity contribution >= 4 is 25.2 Å². The number of ether oxygens (including phenoxy) is 2. The SMILES string of the molecule is C=I[C@]12OC=C[C@@]1(C(C)C)OCC2ON([O-])OC. The van der Waals surface area contributed by atoms with Crippen molar-refractivity contribution in [2.75, 3.05) is 13.7 Å². The van der Waals surface area contributed by atoms with Gasteiger partial charge in [-0.2, -0.15) is 0 Å². The minimum Gasteiger partial charge on any atom is -0.738 e. The Labute approximate surface area is 116 Å². The topological polar surface area (TPSA) is 63.2 Å². The van der Waals surface area contributed by atoms with Crippen molar-refractivity contribution in [3.8, 4) is 0 Å². The Morgan fingerprint density at radius 1 is 1.61 bits per heavy atom. The van der Waals surface area contributed by atoms with Gasteiger partial charge in [-0.1, -0.05) is 39.1 Å². The smallest absolute Gasteiger partial charge is 0.215 e. The highest BCUT2D eigenvalue weighted by atomic mass is 127. The number of hydrogen-bond donors (Lipinski definition) is 0. The Morgan fingerprint density at radius 3 is 2.89 bits per heavy atom. The van der Waals surface area contributed by atoms with Crippen LogP contribution in [0, 0.1) is 11.1 Å². The van der Waals surface area contributed by atoms with Crippen molar-refractivity contribution in [2.24, 2.45) is 5.92 Å². The molecule has 6 nitrogen and oxygen atoms in total. The van der Waals surface area contributed by atoms with Gasteiger partial charge in [-0.25, -0.2) is 0 Å². The number of nitrogens with zero attached hydrogens (tertiary/aromatic N) is 1. The van der Waals surface area contributed by atoms with Crippen LogP contribution in [0.15, 0.2) is 12.3 Å². The summed E-state index contributed by atoms with van der Waals surface area (Å²) in [5.41, 5.74) is -0.554. The lowest BCUT2D eigenvalue weighted by Crippen LogP contribution is -2.53. The highest BCUT2D eigenvalue weighted by Gasteiger charge is 2.66. The van der Waals surface area contributed by atoms with E-state index < -0.39 is 36.0 Å². The van der Waals surface area contributed by atoms with Crippen LogP contribution in [0.4, 0.5) is 0 Å². The first-order chi connectivity index (χ1) is 8.52. The second-order valence-corrected chi connectivity index (χ2v) is 6.82. The molecule has 2 heterocycles. The molecule has 0 radical (unpaired) electrons. The number of hydrogen-bond acceptors (Lipinski definition) is 6. The van der Waals surface area contributed by atoms with Crippen LogP contribution in [-0.4, -0.2) is 38.9 Å². The predicted molar refractivity (Wildman–Crippen MR) is 74.7 cm³/mol. The summed E-state index contributed by atoms with van der Waals surface area (Å²) in [5, 5.41) is 11.3. The van der Waals surface area contributed by atoms with E-state index in [0.29, 0.717) is 6.61 Å². The molecular formula is C11H17INO5-. The third-order valence-corrected chi connectivity index (χ3v) is 6.32. The molecule has 2 rings (SSSR count). The van der Waals surface area contributed by atoms with Gasteiger partial charge in [0.1, 0.15) is 5.60 Å². The average Bonchev–Trinajstić information content (AvgIpc) is 2.86. The first-order valence-corrected chi connectivity index (χ1v) is 8.20. The van der Waals surface area contributed by atoms with Gasteiger partial charge in [0.05, 0.1) is 20.0 Å². The second-order valence-electron chi connectivity index (χ2n) is 4.46. The van der Waals surface area contributed by atoms with Gasteiger partial charge < -0.3 is 14.7 Å². The summed E-state index contributed by atoms with van der Waals surface area (Å²) in [7, 11) is 1.25. The van der Waals surface area contributed by atoms with Crippen molar-refractivity contribution in [1.29, 1.82) is 0 Å². The van der Waals surface area contributed by atoms with Crippen LogP contribution in [0.5, 0.6) is 0 Å². The van der Waals surface area contributed by atoms with E-state index in [1.165, 1.54) is 7.11 Å². The molecule has 3 atom stereocenters. The molecule has 0 saturated carbocycles. The molecule has 0 aliphatic carbocycles. The van der Waals surface area contributed by atoms with E-state index in [2.05, 4.69) is 23.2 Å². The molecular weight excluding hydrogens is 353 g/mol. The lowest BCUT2D eigenvalue weighted by molar-refractivity contribution is -0.350. The summed E-state index contributed by atoms with van der Waals surface area (Å²) < 4.78 is 15.0. The van der Waals surface area contributed by atoms with Gasteiger partial charge in [0.15, 0.2) is 6.10 Å². The summed E-state index contributed by atoms with van der Waals surface area (Å²) >= 11 is -0.627. The highest BCUT2D eigenvalue weighted by molar-refractivity contribution is 14.2. The van der Waals surface area contributed by atoms with Crippen molar-refractivity contribution in [2.45, 2.75) is 29.2 Å². The quantitative estimate of drug-likeness (QED) is 0.417. The molecule has 0 aromatic rings. The zero-order valence-electron chi connectivity index (χ0n) is 10.6. The van der Waals surface area contributed by atoms with Crippen LogP contribution in [0.3, 0.4) is 0 Å². The zero-order valence-corrected chi connectivity index (χ0v) is 12.7. The number of halogens is 1. The lowest BCUT2D eigenvalue weighted by atomic mass is 9.85. The monoisotopic (exact) mass is 370 g/mol. The normalized spacial score (nSPS) is 38.4. The predicted octanol–water partition coefficient (Wildman–Crippen LogP) is 1.72. The summed E-state index contributed by atoms with van der Waals surface area (Å²) in [6.45, 7) is 4.40. The zero-order chi connectivity index (χ0) is 13.4. The Bertz CT molecular complexity index is 363. The third-order valence-electron chi connectivity index (χ3n) is 3.39. The van der Waals surface area contributed by atoms with Gasteiger partial charge >= 0.3 is 0 Å². The Balaban J connectivity index is 2.30. The molecule has 1 saturated heterocycles. The molecule has 18 heavy (non-hydrogen) atoms. The van der Waals surface area contributed by atoms with Crippen LogP contribution < -0.4 is 0 Å². The number of rotatable bonds is 5. The molecule has 0 bridgehead atoms. The van der Waals surface area contributed by atoms with E-state index >= 15 is 0 Å². The molecule has 1 unspecified atom stereocenters. The van der Waals surface area contributed by atoms with Gasteiger partial charge in [0, 0.05) is 0 Å². The number of alkyl halides is 1. The van der Waals surface area contributed by atoms with Crippen molar-refractivity contribution in [3.63, 3.8) is 0 Å². The molecule has 0 spiro atoms. The third kappa shape index (κ3) is 1.84. The summed E-state index contributed by atoms with van der Waals surface area (Å²) in [4.78, 5) is 9.66. The number of fused-ring (bicyclic) bond motifs is 1. The Morgan fingerprint density at radius 2 is 2.33 bits per heavy atom. The fraction of sp³-hybridized carbons (Fsp3) is 0.727. The molecule has 104 valence electrons. The molecule has 0 N–H and O–H groups in total. The van der Waals surface area contributed by atoms with Crippen LogP contribution in [0.2, 0.25) is 0 Å². The Hall–Kier alpha value is -0.0600. The standard InChI is InChI=1S/C11H17INO5/c1-8(2)10-5-6-16-11(10,12-3)9(7-17-10)18-13(14)15-4/h5-6,8-9H,3,7H2,1-2,4H3/q-1/t9?,10-,11+/m0/s1. The molecule has 0 amide bonds. The van der Waals surface area contributed by atoms with Crippen LogP contribution >= 0.6 is 20.7 Å². The maximum Gasteiger partial charge on any atom is 0.215 e. The molecule has 7 heteroatoms. The van der Waals surface area contributed by atoms with Gasteiger partial charge in [-0.05, 0) is 12.0 Å². The van der Waals surface area contributed by atoms with Gasteiger partial charge in [-0.3, -0.25) is 9.68 Å². The molecule has 0 aromatic carbocycles. The first kappa shape index (κ1) is 14.4. The van der Waals surface area contributed by atoms with E-state index in [1.807, 2.05) is 6.08 Å². The van der Waals surface area contributed by atoms with E-state index in [0.717, 1.165) is 0 Å². The molecule has 0 aromatic heterocycles. The minimum absolute atomic E-state index is 0.0905. The van der Waals surface area contributed by atoms with Gasteiger partial charge in [0.2, 0.25) is 3.61 Å². The molecule has 2 aliphatic rings. The van der Waals surface area contributed by atoms with Crippen LogP contribution in [0.25, 0.3) is 0 Å². The van der Waals surface area contributed by atoms with Gasteiger partial charge in [-0.15, -0.1) is 5.39 Å². The van der Waals surface area contributed by atoms with E-state index in [-0.39, 0.29) is 11.3 Å². The molecule has 2 aliphatic heterocycles. The first-order valence-electron chi connectivity index (χ1n) is 5.59. The summed E-state index contributed by atoms with van der Waals surface area (Å²) in [6.07, 6.45) is 3.04. The average molecular weight is 370 g/mol. The maximum absolute atomic E-state index is 11.2. The van der Waals surface area contributed by atoms with Crippen molar-refractivity contribution in [3.05, 3.63) is 17.5 Å².